The van der Waals surface area contributed by atoms with Crippen LogP contribution in [0.25, 0.3) is 11.1 Å². The van der Waals surface area contributed by atoms with Gasteiger partial charge >= 0.3 is 0 Å². The summed E-state index contributed by atoms with van der Waals surface area (Å²) in [6, 6.07) is 15.8. The second-order valence-electron chi connectivity index (χ2n) is 8.59. The molecule has 2 atom stereocenters. The quantitative estimate of drug-likeness (QED) is 0.506. The molecule has 1 aliphatic heterocycles. The lowest BCUT2D eigenvalue weighted by molar-refractivity contribution is -0.192. The Balaban J connectivity index is 1.39. The van der Waals surface area contributed by atoms with E-state index in [4.69, 9.17) is 4.74 Å². The summed E-state index contributed by atoms with van der Waals surface area (Å²) in [5.41, 5.74) is 5.18. The van der Waals surface area contributed by atoms with Gasteiger partial charge in [0.1, 0.15) is 0 Å². The molecule has 1 amide bonds. The first kappa shape index (κ1) is 23.4. The van der Waals surface area contributed by atoms with Crippen molar-refractivity contribution in [2.24, 2.45) is 0 Å². The van der Waals surface area contributed by atoms with Crippen molar-refractivity contribution in [1.29, 1.82) is 0 Å². The minimum Gasteiger partial charge on any atom is -0.356 e. The third-order valence-corrected chi connectivity index (χ3v) is 6.12. The van der Waals surface area contributed by atoms with Crippen molar-refractivity contribution >= 4 is 11.6 Å². The van der Waals surface area contributed by atoms with Crippen LogP contribution >= 0.6 is 0 Å². The van der Waals surface area contributed by atoms with Crippen LogP contribution in [-0.4, -0.2) is 48.6 Å². The van der Waals surface area contributed by atoms with Crippen molar-refractivity contribution in [2.45, 2.75) is 44.7 Å². The lowest BCUT2D eigenvalue weighted by Gasteiger charge is -2.28. The monoisotopic (exact) mass is 447 g/mol. The van der Waals surface area contributed by atoms with Crippen LogP contribution in [0, 0.1) is 0 Å². The molecule has 1 unspecified atom stereocenters. The Morgan fingerprint density at radius 3 is 2.79 bits per heavy atom. The zero-order chi connectivity index (χ0) is 23.0. The number of benzene rings is 2. The predicted octanol–water partition coefficient (Wildman–Crippen LogP) is 4.04. The molecule has 6 nitrogen and oxygen atoms in total. The third kappa shape index (κ3) is 6.18. The number of carbonyl (C=O) groups is 1. The molecule has 0 saturated carbocycles. The number of rotatable bonds is 9. The number of allylic oxidation sites excluding steroid dienone is 2. The van der Waals surface area contributed by atoms with Gasteiger partial charge in [-0.1, -0.05) is 48.6 Å². The molecule has 0 bridgehead atoms. The molecule has 3 N–H and O–H groups in total. The first-order valence-corrected chi connectivity index (χ1v) is 11.7. The summed E-state index contributed by atoms with van der Waals surface area (Å²) in [5, 5.41) is 16.8. The largest absolute Gasteiger partial charge is 0.356 e. The summed E-state index contributed by atoms with van der Waals surface area (Å²) >= 11 is 0. The van der Waals surface area contributed by atoms with Crippen LogP contribution in [0.5, 0.6) is 0 Å². The highest BCUT2D eigenvalue weighted by Crippen LogP contribution is 2.26. The van der Waals surface area contributed by atoms with E-state index >= 15 is 0 Å². The van der Waals surface area contributed by atoms with Crippen LogP contribution < -0.4 is 10.6 Å². The molecule has 33 heavy (non-hydrogen) atoms. The fraction of sp³-hybridized carbons (Fsp3) is 0.370. The van der Waals surface area contributed by atoms with Gasteiger partial charge in [-0.25, -0.2) is 4.90 Å². The molecule has 1 heterocycles. The van der Waals surface area contributed by atoms with Crippen LogP contribution in [0.15, 0.2) is 72.3 Å². The summed E-state index contributed by atoms with van der Waals surface area (Å²) in [6.07, 6.45) is 8.76. The van der Waals surface area contributed by atoms with Crippen molar-refractivity contribution in [3.8, 4) is 11.1 Å². The Labute approximate surface area is 196 Å². The maximum Gasteiger partial charge on any atom is 0.241 e. The summed E-state index contributed by atoms with van der Waals surface area (Å²) in [4.78, 5) is 14.8. The summed E-state index contributed by atoms with van der Waals surface area (Å²) < 4.78 is 5.68. The normalized spacial score (nSPS) is 19.3. The molecular weight excluding hydrogens is 414 g/mol. The van der Waals surface area contributed by atoms with Gasteiger partial charge in [0.05, 0.1) is 12.6 Å². The van der Waals surface area contributed by atoms with E-state index < -0.39 is 12.5 Å². The number of ether oxygens (including phenoxy) is 1. The second-order valence-corrected chi connectivity index (χ2v) is 8.59. The summed E-state index contributed by atoms with van der Waals surface area (Å²) in [6.45, 7) is 1.78. The van der Waals surface area contributed by atoms with Gasteiger partial charge in [0.25, 0.3) is 0 Å². The van der Waals surface area contributed by atoms with E-state index in [0.29, 0.717) is 19.6 Å². The Hall–Kier alpha value is -2.77. The maximum absolute atomic E-state index is 13.1. The standard InChI is InChI=1S/C27H33N3O3/c1-28-18-21-10-5-11-22(16-21)23-12-6-13-24(17-23)29-26(31)25-14-7-15-30(25)27(32)33-19-20-8-3-2-4-9-20/h3,5-6,8-13,16-17,25,27-28,32H,2,4,7,14-15,18-19H2,1H3,(H,29,31)/t25-,27?/m0/s1. The fourth-order valence-corrected chi connectivity index (χ4v) is 4.44. The Kier molecular flexibility index (Phi) is 8.07. The second kappa shape index (κ2) is 11.4. The van der Waals surface area contributed by atoms with Crippen LogP contribution in [0.4, 0.5) is 5.69 Å². The van der Waals surface area contributed by atoms with Crippen LogP contribution in [0.3, 0.4) is 0 Å². The van der Waals surface area contributed by atoms with E-state index in [9.17, 15) is 9.90 Å². The van der Waals surface area contributed by atoms with Crippen molar-refractivity contribution in [3.63, 3.8) is 0 Å². The molecule has 0 radical (unpaired) electrons. The Bertz CT molecular complexity index is 1020. The average Bonchev–Trinajstić information content (AvgIpc) is 3.34. The number of aliphatic hydroxyl groups is 1. The summed E-state index contributed by atoms with van der Waals surface area (Å²) in [7, 11) is 1.93. The van der Waals surface area contributed by atoms with E-state index in [1.807, 2.05) is 43.5 Å². The molecule has 1 aliphatic carbocycles. The predicted molar refractivity (Wildman–Crippen MR) is 131 cm³/mol. The van der Waals surface area contributed by atoms with Crippen molar-refractivity contribution in [3.05, 3.63) is 77.9 Å². The van der Waals surface area contributed by atoms with E-state index in [1.54, 1.807) is 4.90 Å². The van der Waals surface area contributed by atoms with Gasteiger partial charge in [0, 0.05) is 18.8 Å². The van der Waals surface area contributed by atoms with E-state index in [0.717, 1.165) is 48.2 Å². The molecule has 0 aromatic heterocycles. The highest BCUT2D eigenvalue weighted by molar-refractivity contribution is 5.95. The number of amides is 1. The number of hydrogen-bond acceptors (Lipinski definition) is 5. The number of hydrogen-bond donors (Lipinski definition) is 3. The molecule has 1 saturated heterocycles. The first-order chi connectivity index (χ1) is 16.1. The number of nitrogens with one attached hydrogen (secondary N) is 2. The van der Waals surface area contributed by atoms with Gasteiger partial charge in [0.15, 0.2) is 0 Å². The van der Waals surface area contributed by atoms with Gasteiger partial charge in [-0.15, -0.1) is 0 Å². The zero-order valence-electron chi connectivity index (χ0n) is 19.2. The molecule has 0 spiro atoms. The highest BCUT2D eigenvalue weighted by atomic mass is 16.6. The minimum absolute atomic E-state index is 0.118. The van der Waals surface area contributed by atoms with Crippen molar-refractivity contribution < 1.29 is 14.6 Å². The summed E-state index contributed by atoms with van der Waals surface area (Å²) in [5.74, 6) is -0.118. The molecule has 174 valence electrons. The number of likely N-dealkylation sites (tertiary alicyclic amines) is 1. The molecule has 2 aromatic rings. The van der Waals surface area contributed by atoms with Gasteiger partial charge in [-0.05, 0) is 73.2 Å². The lowest BCUT2D eigenvalue weighted by atomic mass is 10.0. The zero-order valence-corrected chi connectivity index (χ0v) is 19.2. The van der Waals surface area contributed by atoms with Crippen LogP contribution in [0.2, 0.25) is 0 Å². The van der Waals surface area contributed by atoms with E-state index in [1.165, 1.54) is 5.56 Å². The maximum atomic E-state index is 13.1. The molecule has 2 aliphatic rings. The topological polar surface area (TPSA) is 73.8 Å². The van der Waals surface area contributed by atoms with Crippen molar-refractivity contribution in [1.82, 2.24) is 10.2 Å². The molecular formula is C27H33N3O3. The van der Waals surface area contributed by atoms with Gasteiger partial charge in [0.2, 0.25) is 12.3 Å². The third-order valence-electron chi connectivity index (χ3n) is 6.12. The lowest BCUT2D eigenvalue weighted by Crippen LogP contribution is -2.46. The molecule has 2 aromatic carbocycles. The number of aliphatic hydroxyl groups excluding tert-OH is 1. The molecule has 1 fully saturated rings. The van der Waals surface area contributed by atoms with E-state index in [2.05, 4.69) is 41.0 Å². The van der Waals surface area contributed by atoms with Crippen molar-refractivity contribution in [2.75, 3.05) is 25.5 Å². The first-order valence-electron chi connectivity index (χ1n) is 11.7. The highest BCUT2D eigenvalue weighted by Gasteiger charge is 2.35. The van der Waals surface area contributed by atoms with Crippen LogP contribution in [-0.2, 0) is 16.1 Å². The van der Waals surface area contributed by atoms with E-state index in [-0.39, 0.29) is 5.91 Å². The fourth-order valence-electron chi connectivity index (χ4n) is 4.44. The molecule has 4 rings (SSSR count). The molecule has 6 heteroatoms. The SMILES string of the molecule is CNCc1cccc(-c2cccc(NC(=O)[C@@H]3CCCN3C(O)OCC3=CCCC=C3)c2)c1. The smallest absolute Gasteiger partial charge is 0.241 e. The van der Waals surface area contributed by atoms with Crippen LogP contribution in [0.1, 0.15) is 31.2 Å². The van der Waals surface area contributed by atoms with Gasteiger partial charge < -0.3 is 20.5 Å². The number of nitrogens with zero attached hydrogens (tertiary/aromatic N) is 1. The van der Waals surface area contributed by atoms with Gasteiger partial charge in [-0.3, -0.25) is 4.79 Å². The minimum atomic E-state index is -1.10. The number of anilines is 1. The Morgan fingerprint density at radius 1 is 1.18 bits per heavy atom. The number of carbonyl (C=O) groups excluding carboxylic acids is 1. The Morgan fingerprint density at radius 2 is 2.00 bits per heavy atom. The average molecular weight is 448 g/mol. The van der Waals surface area contributed by atoms with Gasteiger partial charge in [-0.2, -0.15) is 0 Å².